The van der Waals surface area contributed by atoms with Crippen LogP contribution < -0.4 is 5.32 Å². The Balaban J connectivity index is 1.86. The van der Waals surface area contributed by atoms with Crippen LogP contribution in [0, 0.1) is 0 Å². The van der Waals surface area contributed by atoms with Gasteiger partial charge >= 0.3 is 0 Å². The summed E-state index contributed by atoms with van der Waals surface area (Å²) in [7, 11) is 0. The van der Waals surface area contributed by atoms with Crippen LogP contribution >= 0.6 is 0 Å². The van der Waals surface area contributed by atoms with E-state index in [1.54, 1.807) is 0 Å². The minimum atomic E-state index is 0.290. The van der Waals surface area contributed by atoms with Gasteiger partial charge in [-0.1, -0.05) is 49.4 Å². The second kappa shape index (κ2) is 6.77. The summed E-state index contributed by atoms with van der Waals surface area (Å²) >= 11 is 0. The number of ether oxygens (including phenoxy) is 1. The molecule has 2 heteroatoms. The summed E-state index contributed by atoms with van der Waals surface area (Å²) in [6, 6.07) is 15.5. The van der Waals surface area contributed by atoms with E-state index in [2.05, 4.69) is 60.8 Å². The second-order valence-corrected chi connectivity index (χ2v) is 5.59. The molecular weight excluding hydrogens is 258 g/mol. The van der Waals surface area contributed by atoms with Crippen LogP contribution in [0.5, 0.6) is 0 Å². The summed E-state index contributed by atoms with van der Waals surface area (Å²) in [6.45, 7) is 4.05. The van der Waals surface area contributed by atoms with E-state index in [-0.39, 0.29) is 0 Å². The van der Waals surface area contributed by atoms with Crippen molar-refractivity contribution in [2.75, 3.05) is 13.2 Å². The maximum Gasteiger partial charge on any atom is 0.109 e. The fraction of sp³-hybridized carbons (Fsp3) is 0.368. The predicted octanol–water partition coefficient (Wildman–Crippen LogP) is 4.05. The molecule has 0 spiro atoms. The standard InChI is InChI=1S/C19H23NO/c1-2-12-20-18(19-11-6-13-21-19)14-16-9-5-8-15-7-3-4-10-17(15)16/h3-5,7-11,18,20H,2,6,12-14H2,1H3. The summed E-state index contributed by atoms with van der Waals surface area (Å²) < 4.78 is 5.80. The molecule has 0 aromatic heterocycles. The van der Waals surface area contributed by atoms with Gasteiger partial charge in [0.25, 0.3) is 0 Å². The zero-order valence-electron chi connectivity index (χ0n) is 12.6. The highest BCUT2D eigenvalue weighted by Gasteiger charge is 2.19. The van der Waals surface area contributed by atoms with Gasteiger partial charge in [0.1, 0.15) is 5.76 Å². The van der Waals surface area contributed by atoms with Gasteiger partial charge in [-0.05, 0) is 41.8 Å². The van der Waals surface area contributed by atoms with Crippen molar-refractivity contribution in [2.24, 2.45) is 0 Å². The second-order valence-electron chi connectivity index (χ2n) is 5.59. The molecule has 3 rings (SSSR count). The Morgan fingerprint density at radius 2 is 2.00 bits per heavy atom. The normalized spacial score (nSPS) is 15.8. The minimum absolute atomic E-state index is 0.290. The fourth-order valence-electron chi connectivity index (χ4n) is 2.96. The van der Waals surface area contributed by atoms with Crippen LogP contribution in [0.4, 0.5) is 0 Å². The van der Waals surface area contributed by atoms with Crippen LogP contribution in [0.2, 0.25) is 0 Å². The molecule has 0 fully saturated rings. The molecule has 0 bridgehead atoms. The summed E-state index contributed by atoms with van der Waals surface area (Å²) in [6.07, 6.45) is 5.39. The van der Waals surface area contributed by atoms with Gasteiger partial charge in [0.05, 0.1) is 12.6 Å². The molecule has 0 saturated heterocycles. The topological polar surface area (TPSA) is 21.3 Å². The highest BCUT2D eigenvalue weighted by Crippen LogP contribution is 2.23. The highest BCUT2D eigenvalue weighted by atomic mass is 16.5. The Labute approximate surface area is 126 Å². The lowest BCUT2D eigenvalue weighted by Gasteiger charge is -2.20. The predicted molar refractivity (Wildman–Crippen MR) is 88.4 cm³/mol. The van der Waals surface area contributed by atoms with Crippen molar-refractivity contribution in [3.05, 3.63) is 59.9 Å². The first-order valence-electron chi connectivity index (χ1n) is 7.91. The molecule has 2 aromatic carbocycles. The monoisotopic (exact) mass is 281 g/mol. The molecule has 2 aromatic rings. The number of hydrogen-bond acceptors (Lipinski definition) is 2. The largest absolute Gasteiger partial charge is 0.496 e. The van der Waals surface area contributed by atoms with Gasteiger partial charge in [0, 0.05) is 6.42 Å². The summed E-state index contributed by atoms with van der Waals surface area (Å²) in [5.41, 5.74) is 1.39. The molecule has 21 heavy (non-hydrogen) atoms. The van der Waals surface area contributed by atoms with Gasteiger partial charge in [-0.2, -0.15) is 0 Å². The van der Waals surface area contributed by atoms with E-state index in [1.807, 2.05) is 0 Å². The molecule has 0 aliphatic carbocycles. The van der Waals surface area contributed by atoms with E-state index in [0.29, 0.717) is 6.04 Å². The summed E-state index contributed by atoms with van der Waals surface area (Å²) in [4.78, 5) is 0. The lowest BCUT2D eigenvalue weighted by atomic mass is 9.97. The van der Waals surface area contributed by atoms with E-state index in [9.17, 15) is 0 Å². The Hall–Kier alpha value is -1.80. The van der Waals surface area contributed by atoms with Gasteiger partial charge in [-0.3, -0.25) is 0 Å². The van der Waals surface area contributed by atoms with Crippen molar-refractivity contribution in [3.8, 4) is 0 Å². The van der Waals surface area contributed by atoms with E-state index in [1.165, 1.54) is 16.3 Å². The lowest BCUT2D eigenvalue weighted by Crippen LogP contribution is -2.34. The number of nitrogens with one attached hydrogen (secondary N) is 1. The molecular formula is C19H23NO. The van der Waals surface area contributed by atoms with E-state index < -0.39 is 0 Å². The van der Waals surface area contributed by atoms with E-state index >= 15 is 0 Å². The Bertz CT molecular complexity index is 627. The molecule has 1 unspecified atom stereocenters. The highest BCUT2D eigenvalue weighted by molar-refractivity contribution is 5.85. The van der Waals surface area contributed by atoms with Crippen LogP contribution in [-0.2, 0) is 11.2 Å². The molecule has 1 N–H and O–H groups in total. The molecule has 0 saturated carbocycles. The fourth-order valence-corrected chi connectivity index (χ4v) is 2.96. The SMILES string of the molecule is CCCNC(Cc1cccc2ccccc12)C1=CCCO1. The molecule has 1 aliphatic heterocycles. The number of benzene rings is 2. The third-order valence-electron chi connectivity index (χ3n) is 4.02. The average Bonchev–Trinajstić information content (AvgIpc) is 3.06. The first kappa shape index (κ1) is 14.2. The Morgan fingerprint density at radius 3 is 2.81 bits per heavy atom. The average molecular weight is 281 g/mol. The molecule has 1 aliphatic rings. The molecule has 1 heterocycles. The van der Waals surface area contributed by atoms with Crippen molar-refractivity contribution in [2.45, 2.75) is 32.2 Å². The van der Waals surface area contributed by atoms with Crippen LogP contribution in [0.1, 0.15) is 25.3 Å². The zero-order chi connectivity index (χ0) is 14.5. The van der Waals surface area contributed by atoms with Crippen LogP contribution in [0.15, 0.2) is 54.3 Å². The first-order chi connectivity index (χ1) is 10.4. The van der Waals surface area contributed by atoms with Gasteiger partial charge in [-0.15, -0.1) is 0 Å². The summed E-state index contributed by atoms with van der Waals surface area (Å²) in [5.74, 6) is 1.12. The van der Waals surface area contributed by atoms with Crippen LogP contribution in [-0.4, -0.2) is 19.2 Å². The van der Waals surface area contributed by atoms with Gasteiger partial charge in [0.2, 0.25) is 0 Å². The molecule has 2 nitrogen and oxygen atoms in total. The Kier molecular flexibility index (Phi) is 4.56. The quantitative estimate of drug-likeness (QED) is 0.862. The maximum atomic E-state index is 5.80. The van der Waals surface area contributed by atoms with Crippen molar-refractivity contribution in [3.63, 3.8) is 0 Å². The van der Waals surface area contributed by atoms with Crippen molar-refractivity contribution in [1.29, 1.82) is 0 Å². The Morgan fingerprint density at radius 1 is 1.14 bits per heavy atom. The first-order valence-corrected chi connectivity index (χ1v) is 7.91. The number of hydrogen-bond donors (Lipinski definition) is 1. The molecule has 110 valence electrons. The summed E-state index contributed by atoms with van der Waals surface area (Å²) in [5, 5.41) is 6.29. The van der Waals surface area contributed by atoms with Crippen molar-refractivity contribution in [1.82, 2.24) is 5.32 Å². The number of fused-ring (bicyclic) bond motifs is 1. The molecule has 0 radical (unpaired) electrons. The van der Waals surface area contributed by atoms with Crippen LogP contribution in [0.25, 0.3) is 10.8 Å². The van der Waals surface area contributed by atoms with Crippen molar-refractivity contribution < 1.29 is 4.74 Å². The maximum absolute atomic E-state index is 5.80. The van der Waals surface area contributed by atoms with Gasteiger partial charge in [0.15, 0.2) is 0 Å². The van der Waals surface area contributed by atoms with Gasteiger partial charge < -0.3 is 10.1 Å². The minimum Gasteiger partial charge on any atom is -0.496 e. The van der Waals surface area contributed by atoms with E-state index in [0.717, 1.165) is 38.2 Å². The third-order valence-corrected chi connectivity index (χ3v) is 4.02. The lowest BCUT2D eigenvalue weighted by molar-refractivity contribution is 0.214. The molecule has 0 amide bonds. The zero-order valence-corrected chi connectivity index (χ0v) is 12.6. The smallest absolute Gasteiger partial charge is 0.109 e. The van der Waals surface area contributed by atoms with Crippen molar-refractivity contribution >= 4 is 10.8 Å². The van der Waals surface area contributed by atoms with Gasteiger partial charge in [-0.25, -0.2) is 0 Å². The number of rotatable bonds is 6. The third kappa shape index (κ3) is 3.27. The van der Waals surface area contributed by atoms with E-state index in [4.69, 9.17) is 4.74 Å². The molecule has 1 atom stereocenters. The van der Waals surface area contributed by atoms with Crippen LogP contribution in [0.3, 0.4) is 0 Å².